The molecule has 4 nitrogen and oxygen atoms in total. The van der Waals surface area contributed by atoms with Crippen LogP contribution in [-0.4, -0.2) is 38.4 Å². The minimum absolute atomic E-state index is 0.0116. The molecule has 0 bridgehead atoms. The second-order valence-electron chi connectivity index (χ2n) is 2.16. The molecule has 0 rings (SSSR count). The van der Waals surface area contributed by atoms with Gasteiger partial charge in [0.1, 0.15) is 5.57 Å². The van der Waals surface area contributed by atoms with Crippen molar-refractivity contribution in [1.82, 2.24) is 4.90 Å². The van der Waals surface area contributed by atoms with Crippen LogP contribution in [0.3, 0.4) is 0 Å². The Kier molecular flexibility index (Phi) is 3.95. The molecule has 0 saturated heterocycles. The predicted molar refractivity (Wildman–Crippen MR) is 39.9 cm³/mol. The van der Waals surface area contributed by atoms with Gasteiger partial charge >= 0.3 is 5.97 Å². The van der Waals surface area contributed by atoms with E-state index in [1.807, 2.05) is 0 Å². The maximum atomic E-state index is 10.7. The number of nitrogens with zero attached hydrogens (tertiary/aromatic N) is 1. The summed E-state index contributed by atoms with van der Waals surface area (Å²) in [6.07, 6.45) is 1.87. The summed E-state index contributed by atoms with van der Waals surface area (Å²) in [7, 11) is 4.66. The Morgan fingerprint density at radius 2 is 2.00 bits per heavy atom. The van der Waals surface area contributed by atoms with Crippen molar-refractivity contribution in [3.05, 3.63) is 11.8 Å². The average molecular weight is 157 g/mol. The Labute approximate surface area is 65.4 Å². The number of esters is 1. The largest absolute Gasteiger partial charge is 0.465 e. The number of carbonyl (C=O) groups excluding carboxylic acids is 2. The van der Waals surface area contributed by atoms with Crippen molar-refractivity contribution >= 4 is 12.3 Å². The van der Waals surface area contributed by atoms with Crippen molar-refractivity contribution in [1.29, 1.82) is 0 Å². The molecule has 0 atom stereocenters. The van der Waals surface area contributed by atoms with Crippen LogP contribution in [0.4, 0.5) is 0 Å². The lowest BCUT2D eigenvalue weighted by Crippen LogP contribution is -2.11. The van der Waals surface area contributed by atoms with Crippen LogP contribution in [0.2, 0.25) is 0 Å². The molecule has 0 aromatic carbocycles. The van der Waals surface area contributed by atoms with Gasteiger partial charge in [-0.2, -0.15) is 0 Å². The SMILES string of the molecule is COC(=O)/C(C=O)=C/N(C)C. The smallest absolute Gasteiger partial charge is 0.342 e. The summed E-state index contributed by atoms with van der Waals surface area (Å²) in [6.45, 7) is 0. The molecule has 0 amide bonds. The van der Waals surface area contributed by atoms with Gasteiger partial charge < -0.3 is 9.64 Å². The third-order valence-electron chi connectivity index (χ3n) is 0.945. The molecule has 0 spiro atoms. The molecule has 0 unspecified atom stereocenters. The van der Waals surface area contributed by atoms with Gasteiger partial charge in [-0.3, -0.25) is 4.79 Å². The first-order chi connectivity index (χ1) is 5.11. The van der Waals surface area contributed by atoms with E-state index < -0.39 is 5.97 Å². The number of rotatable bonds is 3. The van der Waals surface area contributed by atoms with Gasteiger partial charge in [-0.15, -0.1) is 0 Å². The number of hydrogen-bond acceptors (Lipinski definition) is 4. The lowest BCUT2D eigenvalue weighted by molar-refractivity contribution is -0.136. The molecule has 0 aliphatic rings. The zero-order valence-electron chi connectivity index (χ0n) is 6.83. The topological polar surface area (TPSA) is 46.6 Å². The van der Waals surface area contributed by atoms with Gasteiger partial charge in [-0.05, 0) is 0 Å². The molecule has 0 aliphatic heterocycles. The molecule has 0 fully saturated rings. The van der Waals surface area contributed by atoms with E-state index >= 15 is 0 Å². The van der Waals surface area contributed by atoms with Crippen molar-refractivity contribution in [2.24, 2.45) is 0 Å². The minimum Gasteiger partial charge on any atom is -0.465 e. The van der Waals surface area contributed by atoms with E-state index in [1.54, 1.807) is 19.0 Å². The zero-order valence-corrected chi connectivity index (χ0v) is 6.83. The highest BCUT2D eigenvalue weighted by molar-refractivity contribution is 6.07. The van der Waals surface area contributed by atoms with E-state index in [1.165, 1.54) is 13.3 Å². The van der Waals surface area contributed by atoms with Crippen LogP contribution in [0.5, 0.6) is 0 Å². The monoisotopic (exact) mass is 157 g/mol. The van der Waals surface area contributed by atoms with Crippen LogP contribution >= 0.6 is 0 Å². The van der Waals surface area contributed by atoms with Gasteiger partial charge in [0.05, 0.1) is 7.11 Å². The third kappa shape index (κ3) is 3.40. The summed E-state index contributed by atoms with van der Waals surface area (Å²) in [5, 5.41) is 0. The van der Waals surface area contributed by atoms with Crippen LogP contribution < -0.4 is 0 Å². The molecule has 0 aromatic rings. The highest BCUT2D eigenvalue weighted by Crippen LogP contribution is 1.93. The molecule has 4 heteroatoms. The molecule has 62 valence electrons. The molecular weight excluding hydrogens is 146 g/mol. The normalized spacial score (nSPS) is 10.6. The number of hydrogen-bond donors (Lipinski definition) is 0. The van der Waals surface area contributed by atoms with Crippen LogP contribution in [-0.2, 0) is 14.3 Å². The zero-order chi connectivity index (χ0) is 8.85. The van der Waals surface area contributed by atoms with Crippen molar-refractivity contribution in [2.75, 3.05) is 21.2 Å². The van der Waals surface area contributed by atoms with Crippen molar-refractivity contribution in [3.63, 3.8) is 0 Å². The summed E-state index contributed by atoms with van der Waals surface area (Å²) < 4.78 is 4.34. The summed E-state index contributed by atoms with van der Waals surface area (Å²) in [5.74, 6) is -0.617. The van der Waals surface area contributed by atoms with Gasteiger partial charge in [-0.1, -0.05) is 0 Å². The molecule has 0 saturated carbocycles. The highest BCUT2D eigenvalue weighted by Gasteiger charge is 2.07. The highest BCUT2D eigenvalue weighted by atomic mass is 16.5. The van der Waals surface area contributed by atoms with Crippen LogP contribution in [0.25, 0.3) is 0 Å². The summed E-state index contributed by atoms with van der Waals surface area (Å²) in [4.78, 5) is 22.6. The van der Waals surface area contributed by atoms with Crippen LogP contribution in [0, 0.1) is 0 Å². The molecule has 0 N–H and O–H groups in total. The Morgan fingerprint density at radius 3 is 2.27 bits per heavy atom. The summed E-state index contributed by atoms with van der Waals surface area (Å²) in [6, 6.07) is 0. The summed E-state index contributed by atoms with van der Waals surface area (Å²) in [5.41, 5.74) is 0.0116. The Balaban J connectivity index is 4.39. The van der Waals surface area contributed by atoms with E-state index in [2.05, 4.69) is 4.74 Å². The van der Waals surface area contributed by atoms with Crippen molar-refractivity contribution in [2.45, 2.75) is 0 Å². The van der Waals surface area contributed by atoms with Crippen LogP contribution in [0.1, 0.15) is 0 Å². The lowest BCUT2D eigenvalue weighted by Gasteiger charge is -2.05. The first kappa shape index (κ1) is 9.68. The third-order valence-corrected chi connectivity index (χ3v) is 0.945. The van der Waals surface area contributed by atoms with Gasteiger partial charge in [0.2, 0.25) is 0 Å². The quantitative estimate of drug-likeness (QED) is 0.187. The Morgan fingerprint density at radius 1 is 1.45 bits per heavy atom. The number of ether oxygens (including phenoxy) is 1. The first-order valence-corrected chi connectivity index (χ1v) is 3.03. The fraction of sp³-hybridized carbons (Fsp3) is 0.429. The maximum Gasteiger partial charge on any atom is 0.342 e. The second kappa shape index (κ2) is 4.49. The van der Waals surface area contributed by atoms with Gasteiger partial charge in [0, 0.05) is 20.3 Å². The van der Waals surface area contributed by atoms with Crippen molar-refractivity contribution in [3.8, 4) is 0 Å². The first-order valence-electron chi connectivity index (χ1n) is 3.03. The predicted octanol–water partition coefficient (Wildman–Crippen LogP) is -0.196. The Hall–Kier alpha value is -1.32. The maximum absolute atomic E-state index is 10.7. The molecule has 0 heterocycles. The molecular formula is C7H11NO3. The van der Waals surface area contributed by atoms with E-state index in [9.17, 15) is 9.59 Å². The molecule has 0 aliphatic carbocycles. The van der Waals surface area contributed by atoms with E-state index in [-0.39, 0.29) is 5.57 Å². The minimum atomic E-state index is -0.617. The van der Waals surface area contributed by atoms with Gasteiger partial charge in [-0.25, -0.2) is 4.79 Å². The lowest BCUT2D eigenvalue weighted by atomic mass is 10.3. The fourth-order valence-electron chi connectivity index (χ4n) is 0.527. The number of carbonyl (C=O) groups is 2. The fourth-order valence-corrected chi connectivity index (χ4v) is 0.527. The Bertz CT molecular complexity index is 184. The summed E-state index contributed by atoms with van der Waals surface area (Å²) >= 11 is 0. The van der Waals surface area contributed by atoms with E-state index in [0.717, 1.165) is 0 Å². The molecule has 0 radical (unpaired) electrons. The van der Waals surface area contributed by atoms with Crippen molar-refractivity contribution < 1.29 is 14.3 Å². The van der Waals surface area contributed by atoms with Gasteiger partial charge in [0.15, 0.2) is 6.29 Å². The second-order valence-corrected chi connectivity index (χ2v) is 2.16. The average Bonchev–Trinajstić information content (AvgIpc) is 1.98. The molecule has 11 heavy (non-hydrogen) atoms. The van der Waals surface area contributed by atoms with E-state index in [4.69, 9.17) is 0 Å². The number of aldehydes is 1. The van der Waals surface area contributed by atoms with Crippen LogP contribution in [0.15, 0.2) is 11.8 Å². The van der Waals surface area contributed by atoms with Gasteiger partial charge in [0.25, 0.3) is 0 Å². The standard InChI is InChI=1S/C7H11NO3/c1-8(2)4-6(5-9)7(10)11-3/h4-5H,1-3H3/b6-4+. The van der Waals surface area contributed by atoms with E-state index in [0.29, 0.717) is 6.29 Å². The molecule has 0 aromatic heterocycles. The number of methoxy groups -OCH3 is 1.